The Hall–Kier alpha value is -1.55. The van der Waals surface area contributed by atoms with Crippen molar-refractivity contribution in [2.45, 2.75) is 38.3 Å². The number of urea groups is 1. The highest BCUT2D eigenvalue weighted by Gasteiger charge is 2.64. The van der Waals surface area contributed by atoms with Crippen molar-refractivity contribution in [3.05, 3.63) is 29.8 Å². The number of fused-ring (bicyclic) bond motifs is 5. The van der Waals surface area contributed by atoms with E-state index in [-0.39, 0.29) is 0 Å². The maximum Gasteiger partial charge on any atom is 0.316 e. The summed E-state index contributed by atoms with van der Waals surface area (Å²) in [6.07, 6.45) is 4.42. The van der Waals surface area contributed by atoms with Gasteiger partial charge in [0.1, 0.15) is 0 Å². The molecule has 0 radical (unpaired) electrons. The maximum absolute atomic E-state index is 10.8. The van der Waals surface area contributed by atoms with Crippen LogP contribution in [0.15, 0.2) is 24.3 Å². The lowest BCUT2D eigenvalue weighted by Gasteiger charge is -2.17. The van der Waals surface area contributed by atoms with E-state index >= 15 is 0 Å². The normalized spacial score (nSPS) is 37.1. The summed E-state index contributed by atoms with van der Waals surface area (Å²) in [5.74, 6) is 3.93. The van der Waals surface area contributed by atoms with Crippen LogP contribution in [0.25, 0.3) is 0 Å². The van der Waals surface area contributed by atoms with Crippen LogP contribution in [0.4, 0.5) is 10.5 Å². The Morgan fingerprint density at radius 1 is 1.19 bits per heavy atom. The molecule has 21 heavy (non-hydrogen) atoms. The molecule has 3 fully saturated rings. The van der Waals surface area contributed by atoms with Gasteiger partial charge in [-0.3, -0.25) is 0 Å². The van der Waals surface area contributed by atoms with Crippen molar-refractivity contribution < 1.29 is 4.79 Å². The van der Waals surface area contributed by atoms with Gasteiger partial charge in [0.15, 0.2) is 0 Å². The van der Waals surface area contributed by atoms with Crippen LogP contribution in [0.5, 0.6) is 0 Å². The number of anilines is 1. The van der Waals surface area contributed by atoms with E-state index in [1.54, 1.807) is 0 Å². The van der Waals surface area contributed by atoms with Crippen molar-refractivity contribution in [1.82, 2.24) is 5.32 Å². The zero-order chi connectivity index (χ0) is 14.6. The summed E-state index contributed by atoms with van der Waals surface area (Å²) in [5, 5.41) is 6.42. The van der Waals surface area contributed by atoms with Crippen molar-refractivity contribution in [3.63, 3.8) is 0 Å². The number of nitrogens with one attached hydrogen (secondary N) is 2. The largest absolute Gasteiger partial charge is 0.351 e. The lowest BCUT2D eigenvalue weighted by molar-refractivity contribution is 0.259. The van der Waals surface area contributed by atoms with Gasteiger partial charge in [-0.05, 0) is 67.6 Å². The number of nitrogens with two attached hydrogens (primary N) is 1. The minimum absolute atomic E-state index is 0.364. The van der Waals surface area contributed by atoms with Gasteiger partial charge < -0.3 is 16.4 Å². The monoisotopic (exact) mass is 285 g/mol. The van der Waals surface area contributed by atoms with E-state index in [9.17, 15) is 4.79 Å². The fourth-order valence-corrected chi connectivity index (χ4v) is 4.93. The first-order valence-corrected chi connectivity index (χ1v) is 8.06. The first-order chi connectivity index (χ1) is 10.1. The quantitative estimate of drug-likeness (QED) is 0.796. The van der Waals surface area contributed by atoms with Crippen LogP contribution in [0, 0.1) is 23.7 Å². The fourth-order valence-electron chi connectivity index (χ4n) is 4.93. The second-order valence-electron chi connectivity index (χ2n) is 7.01. The molecule has 1 aromatic carbocycles. The van der Waals surface area contributed by atoms with E-state index in [0.717, 1.165) is 35.4 Å². The van der Waals surface area contributed by atoms with Crippen LogP contribution in [0.3, 0.4) is 0 Å². The molecule has 0 spiro atoms. The lowest BCUT2D eigenvalue weighted by Crippen LogP contribution is -2.26. The van der Waals surface area contributed by atoms with E-state index < -0.39 is 6.03 Å². The molecule has 1 aromatic rings. The summed E-state index contributed by atoms with van der Waals surface area (Å²) >= 11 is 0. The van der Waals surface area contributed by atoms with E-state index in [4.69, 9.17) is 5.73 Å². The Bertz CT molecular complexity index is 540. The van der Waals surface area contributed by atoms with Crippen molar-refractivity contribution in [3.8, 4) is 0 Å². The van der Waals surface area contributed by atoms with Gasteiger partial charge in [-0.15, -0.1) is 0 Å². The zero-order valence-electron chi connectivity index (χ0n) is 12.4. The van der Waals surface area contributed by atoms with E-state index in [2.05, 4.69) is 29.7 Å². The molecule has 4 N–H and O–H groups in total. The minimum Gasteiger partial charge on any atom is -0.351 e. The molecule has 112 valence electrons. The van der Waals surface area contributed by atoms with Gasteiger partial charge >= 0.3 is 6.03 Å². The number of amides is 2. The highest BCUT2D eigenvalue weighted by Crippen LogP contribution is 2.65. The molecule has 4 rings (SSSR count). The molecule has 2 bridgehead atoms. The summed E-state index contributed by atoms with van der Waals surface area (Å²) in [4.78, 5) is 10.8. The number of carbonyl (C=O) groups is 1. The molecule has 5 unspecified atom stereocenters. The molecule has 0 heterocycles. The zero-order valence-corrected chi connectivity index (χ0v) is 12.4. The molecule has 4 heteroatoms. The number of carbonyl (C=O) groups excluding carboxylic acids is 1. The van der Waals surface area contributed by atoms with Crippen molar-refractivity contribution in [2.24, 2.45) is 29.4 Å². The predicted molar refractivity (Wildman–Crippen MR) is 82.8 cm³/mol. The molecule has 5 atom stereocenters. The van der Waals surface area contributed by atoms with Gasteiger partial charge in [-0.2, -0.15) is 0 Å². The van der Waals surface area contributed by atoms with Crippen LogP contribution in [0.2, 0.25) is 0 Å². The van der Waals surface area contributed by atoms with Crippen LogP contribution < -0.4 is 16.4 Å². The number of benzene rings is 1. The third-order valence-corrected chi connectivity index (χ3v) is 5.86. The number of primary amides is 1. The minimum atomic E-state index is -0.518. The fraction of sp³-hybridized carbons (Fsp3) is 0.588. The molecule has 0 saturated heterocycles. The van der Waals surface area contributed by atoms with Crippen molar-refractivity contribution in [2.75, 3.05) is 5.32 Å². The molecular weight excluding hydrogens is 262 g/mol. The van der Waals surface area contributed by atoms with Crippen LogP contribution in [-0.2, 0) is 0 Å². The number of hydrogen-bond donors (Lipinski definition) is 3. The highest BCUT2D eigenvalue weighted by molar-refractivity contribution is 5.87. The Kier molecular flexibility index (Phi) is 2.96. The summed E-state index contributed by atoms with van der Waals surface area (Å²) in [5.41, 5.74) is 7.13. The summed E-state index contributed by atoms with van der Waals surface area (Å²) in [6.45, 7) is 2.23. The van der Waals surface area contributed by atoms with Crippen molar-refractivity contribution >= 4 is 11.7 Å². The topological polar surface area (TPSA) is 67.2 Å². The van der Waals surface area contributed by atoms with Gasteiger partial charge in [0.2, 0.25) is 0 Å². The number of hydrogen-bond acceptors (Lipinski definition) is 2. The van der Waals surface area contributed by atoms with Gasteiger partial charge in [-0.1, -0.05) is 12.1 Å². The molecule has 3 aliphatic rings. The molecule has 4 nitrogen and oxygen atoms in total. The van der Waals surface area contributed by atoms with E-state index in [1.165, 1.54) is 24.8 Å². The molecular formula is C17H23N3O. The van der Waals surface area contributed by atoms with Crippen molar-refractivity contribution in [1.29, 1.82) is 0 Å². The average Bonchev–Trinajstić information content (AvgIpc) is 2.83. The first kappa shape index (κ1) is 13.1. The summed E-state index contributed by atoms with van der Waals surface area (Å²) in [7, 11) is 0. The van der Waals surface area contributed by atoms with Crippen LogP contribution in [0.1, 0.15) is 37.8 Å². The van der Waals surface area contributed by atoms with Crippen LogP contribution >= 0.6 is 0 Å². The molecule has 0 aliphatic heterocycles. The second-order valence-corrected chi connectivity index (χ2v) is 7.01. The molecule has 0 aromatic heterocycles. The van der Waals surface area contributed by atoms with E-state index in [0.29, 0.717) is 6.04 Å². The number of rotatable bonds is 4. The van der Waals surface area contributed by atoms with Gasteiger partial charge in [-0.25, -0.2) is 4.79 Å². The third kappa shape index (κ3) is 2.22. The van der Waals surface area contributed by atoms with Gasteiger partial charge in [0.25, 0.3) is 0 Å². The van der Waals surface area contributed by atoms with Crippen LogP contribution in [-0.4, -0.2) is 12.1 Å². The Balaban J connectivity index is 1.37. The maximum atomic E-state index is 10.8. The predicted octanol–water partition coefficient (Wildman–Crippen LogP) is 2.87. The Morgan fingerprint density at radius 3 is 2.38 bits per heavy atom. The van der Waals surface area contributed by atoms with Gasteiger partial charge in [0.05, 0.1) is 0 Å². The smallest absolute Gasteiger partial charge is 0.316 e. The second kappa shape index (κ2) is 4.73. The SMILES string of the molecule is CC(NC1C2C3CCC(C3)C12)c1ccc(NC(N)=O)cc1. The molecule has 2 amide bonds. The first-order valence-electron chi connectivity index (χ1n) is 8.06. The standard InChI is InChI=1S/C17H23N3O/c1-9(10-4-6-13(7-5-10)20-17(18)21)19-16-14-11-2-3-12(8-11)15(14)16/h4-7,9,11-12,14-16,19H,2-3,8H2,1H3,(H3,18,20,21). The average molecular weight is 285 g/mol. The van der Waals surface area contributed by atoms with Gasteiger partial charge in [0, 0.05) is 17.8 Å². The summed E-state index contributed by atoms with van der Waals surface area (Å²) < 4.78 is 0. The lowest BCUT2D eigenvalue weighted by atomic mass is 10.0. The highest BCUT2D eigenvalue weighted by atomic mass is 16.2. The Labute approximate surface area is 125 Å². The molecule has 3 saturated carbocycles. The molecule has 3 aliphatic carbocycles. The van der Waals surface area contributed by atoms with E-state index in [1.807, 2.05) is 12.1 Å². The third-order valence-electron chi connectivity index (χ3n) is 5.86. The summed E-state index contributed by atoms with van der Waals surface area (Å²) in [6, 6.07) is 8.55. The Morgan fingerprint density at radius 2 is 1.81 bits per heavy atom.